The van der Waals surface area contributed by atoms with E-state index >= 15 is 0 Å². The standard InChI is InChI=1S/C8H8O3/c1-5-2-3-7(10)6(4-9)8(5)11/h2-4,10-11H,1H3. The van der Waals surface area contributed by atoms with Gasteiger partial charge in [0.15, 0.2) is 6.29 Å². The normalized spacial score (nSPS) is 9.55. The first kappa shape index (κ1) is 7.60. The Morgan fingerprint density at radius 2 is 2.00 bits per heavy atom. The Balaban J connectivity index is 3.40. The smallest absolute Gasteiger partial charge is 0.157 e. The van der Waals surface area contributed by atoms with Gasteiger partial charge in [-0.1, -0.05) is 6.07 Å². The quantitative estimate of drug-likeness (QED) is 0.595. The third-order valence-corrected chi connectivity index (χ3v) is 1.51. The monoisotopic (exact) mass is 152 g/mol. The van der Waals surface area contributed by atoms with Crippen molar-refractivity contribution in [2.75, 3.05) is 0 Å². The van der Waals surface area contributed by atoms with Gasteiger partial charge in [0, 0.05) is 0 Å². The molecule has 0 saturated carbocycles. The lowest BCUT2D eigenvalue weighted by atomic mass is 10.1. The largest absolute Gasteiger partial charge is 0.507 e. The summed E-state index contributed by atoms with van der Waals surface area (Å²) in [5, 5.41) is 18.2. The number of benzene rings is 1. The lowest BCUT2D eigenvalue weighted by Crippen LogP contribution is -1.85. The van der Waals surface area contributed by atoms with Gasteiger partial charge in [0.2, 0.25) is 0 Å². The van der Waals surface area contributed by atoms with Crippen LogP contribution < -0.4 is 0 Å². The molecule has 3 heteroatoms. The van der Waals surface area contributed by atoms with Crippen molar-refractivity contribution in [2.24, 2.45) is 0 Å². The van der Waals surface area contributed by atoms with Gasteiger partial charge >= 0.3 is 0 Å². The number of phenols is 2. The van der Waals surface area contributed by atoms with E-state index in [9.17, 15) is 9.90 Å². The van der Waals surface area contributed by atoms with Crippen molar-refractivity contribution in [3.8, 4) is 11.5 Å². The summed E-state index contributed by atoms with van der Waals surface area (Å²) >= 11 is 0. The number of hydrogen-bond acceptors (Lipinski definition) is 3. The second-order valence-electron chi connectivity index (χ2n) is 2.28. The number of aromatic hydroxyl groups is 2. The number of carbonyl (C=O) groups is 1. The molecule has 0 radical (unpaired) electrons. The maximum atomic E-state index is 10.3. The number of aldehydes is 1. The Morgan fingerprint density at radius 1 is 1.36 bits per heavy atom. The zero-order chi connectivity index (χ0) is 8.43. The first-order valence-corrected chi connectivity index (χ1v) is 3.13. The Hall–Kier alpha value is -1.51. The summed E-state index contributed by atoms with van der Waals surface area (Å²) in [6, 6.07) is 2.91. The fraction of sp³-hybridized carbons (Fsp3) is 0.125. The number of carbonyl (C=O) groups excluding carboxylic acids is 1. The minimum Gasteiger partial charge on any atom is -0.507 e. The van der Waals surface area contributed by atoms with Crippen molar-refractivity contribution in [1.82, 2.24) is 0 Å². The van der Waals surface area contributed by atoms with E-state index in [1.165, 1.54) is 12.1 Å². The minimum atomic E-state index is -0.192. The summed E-state index contributed by atoms with van der Waals surface area (Å²) in [4.78, 5) is 10.3. The van der Waals surface area contributed by atoms with E-state index in [0.29, 0.717) is 11.8 Å². The molecule has 0 aromatic heterocycles. The first-order valence-electron chi connectivity index (χ1n) is 3.13. The van der Waals surface area contributed by atoms with Gasteiger partial charge in [-0.3, -0.25) is 4.79 Å². The van der Waals surface area contributed by atoms with Crippen LogP contribution in [0.2, 0.25) is 0 Å². The minimum absolute atomic E-state index is 0.0509. The molecule has 0 saturated heterocycles. The van der Waals surface area contributed by atoms with Crippen molar-refractivity contribution in [3.63, 3.8) is 0 Å². The summed E-state index contributed by atoms with van der Waals surface area (Å²) in [7, 11) is 0. The number of aryl methyl sites for hydroxylation is 1. The number of hydrogen-bond donors (Lipinski definition) is 2. The van der Waals surface area contributed by atoms with E-state index in [1.807, 2.05) is 0 Å². The van der Waals surface area contributed by atoms with Gasteiger partial charge in [-0.25, -0.2) is 0 Å². The van der Waals surface area contributed by atoms with Crippen LogP contribution in [0.25, 0.3) is 0 Å². The second kappa shape index (κ2) is 2.62. The van der Waals surface area contributed by atoms with Gasteiger partial charge in [0.25, 0.3) is 0 Å². The molecule has 0 heterocycles. The van der Waals surface area contributed by atoms with Crippen LogP contribution in [-0.4, -0.2) is 16.5 Å². The number of rotatable bonds is 1. The Kier molecular flexibility index (Phi) is 1.81. The van der Waals surface area contributed by atoms with Gasteiger partial charge in [-0.2, -0.15) is 0 Å². The Bertz CT molecular complexity index is 292. The fourth-order valence-corrected chi connectivity index (χ4v) is 0.823. The topological polar surface area (TPSA) is 57.5 Å². The van der Waals surface area contributed by atoms with Crippen molar-refractivity contribution in [2.45, 2.75) is 6.92 Å². The molecule has 0 atom stereocenters. The second-order valence-corrected chi connectivity index (χ2v) is 2.28. The average Bonchev–Trinajstić information content (AvgIpc) is 1.99. The van der Waals surface area contributed by atoms with Crippen LogP contribution in [0, 0.1) is 6.92 Å². The molecule has 1 rings (SSSR count). The molecule has 0 unspecified atom stereocenters. The lowest BCUT2D eigenvalue weighted by molar-refractivity contribution is 0.111. The first-order chi connectivity index (χ1) is 5.16. The molecule has 0 spiro atoms. The SMILES string of the molecule is Cc1ccc(O)c(C=O)c1O. The third kappa shape index (κ3) is 1.17. The van der Waals surface area contributed by atoms with E-state index in [0.717, 1.165) is 0 Å². The zero-order valence-corrected chi connectivity index (χ0v) is 6.03. The predicted octanol–water partition coefficient (Wildman–Crippen LogP) is 1.22. The van der Waals surface area contributed by atoms with E-state index in [2.05, 4.69) is 0 Å². The Labute approximate surface area is 63.9 Å². The molecule has 0 aliphatic rings. The molecule has 0 fully saturated rings. The summed E-state index contributed by atoms with van der Waals surface area (Å²) in [5.74, 6) is -0.344. The highest BCUT2D eigenvalue weighted by molar-refractivity contribution is 5.83. The molecule has 1 aromatic carbocycles. The van der Waals surface area contributed by atoms with Gasteiger partial charge in [0.05, 0.1) is 5.56 Å². The van der Waals surface area contributed by atoms with Gasteiger partial charge in [0.1, 0.15) is 11.5 Å². The van der Waals surface area contributed by atoms with Crippen LogP contribution in [-0.2, 0) is 0 Å². The van der Waals surface area contributed by atoms with Gasteiger partial charge in [-0.15, -0.1) is 0 Å². The average molecular weight is 152 g/mol. The maximum absolute atomic E-state index is 10.3. The zero-order valence-electron chi connectivity index (χ0n) is 6.03. The molecule has 0 bridgehead atoms. The van der Waals surface area contributed by atoms with Gasteiger partial charge in [-0.05, 0) is 18.6 Å². The molecule has 0 aliphatic carbocycles. The molecule has 1 aromatic rings. The van der Waals surface area contributed by atoms with Crippen LogP contribution in [0.3, 0.4) is 0 Å². The summed E-state index contributed by atoms with van der Waals surface area (Å²) < 4.78 is 0. The van der Waals surface area contributed by atoms with E-state index in [4.69, 9.17) is 5.11 Å². The van der Waals surface area contributed by atoms with Crippen LogP contribution in [0.5, 0.6) is 11.5 Å². The highest BCUT2D eigenvalue weighted by Gasteiger charge is 2.07. The molecule has 0 amide bonds. The third-order valence-electron chi connectivity index (χ3n) is 1.51. The fourth-order valence-electron chi connectivity index (χ4n) is 0.823. The highest BCUT2D eigenvalue weighted by atomic mass is 16.3. The van der Waals surface area contributed by atoms with Crippen LogP contribution >= 0.6 is 0 Å². The molecular formula is C8H8O3. The highest BCUT2D eigenvalue weighted by Crippen LogP contribution is 2.27. The number of phenolic OH excluding ortho intramolecular Hbond substituents is 2. The summed E-state index contributed by atoms with van der Waals surface area (Å²) in [6.07, 6.45) is 0.428. The molecule has 0 aliphatic heterocycles. The van der Waals surface area contributed by atoms with E-state index < -0.39 is 0 Å². The molecular weight excluding hydrogens is 144 g/mol. The molecule has 11 heavy (non-hydrogen) atoms. The predicted molar refractivity (Wildman–Crippen MR) is 39.9 cm³/mol. The Morgan fingerprint density at radius 3 is 2.45 bits per heavy atom. The molecule has 2 N–H and O–H groups in total. The maximum Gasteiger partial charge on any atom is 0.157 e. The van der Waals surface area contributed by atoms with Crippen molar-refractivity contribution in [1.29, 1.82) is 0 Å². The lowest BCUT2D eigenvalue weighted by Gasteiger charge is -2.02. The molecule has 58 valence electrons. The van der Waals surface area contributed by atoms with E-state index in [-0.39, 0.29) is 17.1 Å². The van der Waals surface area contributed by atoms with Gasteiger partial charge < -0.3 is 10.2 Å². The van der Waals surface area contributed by atoms with Crippen molar-refractivity contribution in [3.05, 3.63) is 23.3 Å². The van der Waals surface area contributed by atoms with E-state index in [1.54, 1.807) is 6.92 Å². The summed E-state index contributed by atoms with van der Waals surface area (Å²) in [5.41, 5.74) is 0.523. The van der Waals surface area contributed by atoms with Crippen LogP contribution in [0.15, 0.2) is 12.1 Å². The summed E-state index contributed by atoms with van der Waals surface area (Å²) in [6.45, 7) is 1.65. The molecule has 3 nitrogen and oxygen atoms in total. The van der Waals surface area contributed by atoms with Crippen molar-refractivity contribution < 1.29 is 15.0 Å². The van der Waals surface area contributed by atoms with Crippen LogP contribution in [0.4, 0.5) is 0 Å². The van der Waals surface area contributed by atoms with Crippen LogP contribution in [0.1, 0.15) is 15.9 Å². The van der Waals surface area contributed by atoms with Crippen molar-refractivity contribution >= 4 is 6.29 Å².